The Hall–Kier alpha value is -2.51. The zero-order valence-electron chi connectivity index (χ0n) is 14.9. The quantitative estimate of drug-likeness (QED) is 0.701. The van der Waals surface area contributed by atoms with Crippen molar-refractivity contribution in [3.8, 4) is 11.4 Å². The summed E-state index contributed by atoms with van der Waals surface area (Å²) in [4.78, 5) is 16.0. The van der Waals surface area contributed by atoms with Gasteiger partial charge in [-0.25, -0.2) is 0 Å². The van der Waals surface area contributed by atoms with Crippen molar-refractivity contribution in [2.45, 2.75) is 32.0 Å². The summed E-state index contributed by atoms with van der Waals surface area (Å²) in [5.41, 5.74) is 2.38. The monoisotopic (exact) mass is 380 g/mol. The molecule has 2 aliphatic heterocycles. The summed E-state index contributed by atoms with van der Waals surface area (Å²) in [6, 6.07) is 12.2. The number of amides is 1. The Labute approximate surface area is 161 Å². The third kappa shape index (κ3) is 3.07. The Kier molecular flexibility index (Phi) is 4.26. The molecule has 0 saturated carbocycles. The maximum Gasteiger partial charge on any atom is 0.226 e. The van der Waals surface area contributed by atoms with Crippen molar-refractivity contribution >= 4 is 17.2 Å². The maximum atomic E-state index is 12.9. The van der Waals surface area contributed by atoms with Crippen LogP contribution in [0.25, 0.3) is 11.4 Å². The Balaban J connectivity index is 1.31. The second-order valence-corrected chi connectivity index (χ2v) is 7.84. The lowest BCUT2D eigenvalue weighted by atomic mass is 10.0. The van der Waals surface area contributed by atoms with Crippen LogP contribution in [0.2, 0.25) is 0 Å². The van der Waals surface area contributed by atoms with Crippen molar-refractivity contribution in [1.82, 2.24) is 19.7 Å². The highest BCUT2D eigenvalue weighted by molar-refractivity contribution is 7.10. The van der Waals surface area contributed by atoms with E-state index in [4.69, 9.17) is 4.74 Å². The third-order valence-electron chi connectivity index (χ3n) is 5.26. The van der Waals surface area contributed by atoms with Gasteiger partial charge < -0.3 is 14.2 Å². The number of nitrogens with zero attached hydrogens (tertiary/aromatic N) is 4. The largest absolute Gasteiger partial charge is 0.372 e. The molecule has 27 heavy (non-hydrogen) atoms. The first kappa shape index (κ1) is 16.6. The lowest BCUT2D eigenvalue weighted by molar-refractivity contribution is -0.136. The Morgan fingerprint density at radius 3 is 2.96 bits per heavy atom. The van der Waals surface area contributed by atoms with Crippen LogP contribution in [0.5, 0.6) is 0 Å². The predicted octanol–water partition coefficient (Wildman–Crippen LogP) is 3.05. The number of thiophene rings is 1. The van der Waals surface area contributed by atoms with E-state index in [0.29, 0.717) is 32.7 Å². The molecule has 7 heteroatoms. The zero-order chi connectivity index (χ0) is 18.2. The minimum absolute atomic E-state index is 0.110. The Bertz CT molecular complexity index is 966. The summed E-state index contributed by atoms with van der Waals surface area (Å²) < 4.78 is 8.00. The highest BCUT2D eigenvalue weighted by atomic mass is 32.1. The van der Waals surface area contributed by atoms with Crippen LogP contribution >= 0.6 is 11.3 Å². The summed E-state index contributed by atoms with van der Waals surface area (Å²) in [5.74, 6) is 1.84. The van der Waals surface area contributed by atoms with Gasteiger partial charge in [0.2, 0.25) is 5.91 Å². The number of fused-ring (bicyclic) bond motifs is 2. The predicted molar refractivity (Wildman–Crippen MR) is 102 cm³/mol. The molecule has 2 aliphatic rings. The van der Waals surface area contributed by atoms with Gasteiger partial charge in [-0.05, 0) is 23.4 Å². The Morgan fingerprint density at radius 2 is 2.07 bits per heavy atom. The fraction of sp³-hybridized carbons (Fsp3) is 0.350. The number of benzene rings is 1. The number of ether oxygens (including phenoxy) is 1. The molecule has 0 saturated heterocycles. The van der Waals surface area contributed by atoms with E-state index in [9.17, 15) is 4.79 Å². The van der Waals surface area contributed by atoms with Crippen molar-refractivity contribution in [3.05, 3.63) is 58.0 Å². The van der Waals surface area contributed by atoms with Crippen LogP contribution in [0.3, 0.4) is 0 Å². The minimum atomic E-state index is -0.110. The second-order valence-electron chi connectivity index (χ2n) is 6.90. The van der Waals surface area contributed by atoms with Gasteiger partial charge in [-0.15, -0.1) is 21.5 Å². The van der Waals surface area contributed by atoms with Gasteiger partial charge in [0.1, 0.15) is 6.10 Å². The number of carbonyl (C=O) groups is 1. The van der Waals surface area contributed by atoms with E-state index in [1.54, 1.807) is 11.3 Å². The summed E-state index contributed by atoms with van der Waals surface area (Å²) in [6.45, 7) is 2.58. The fourth-order valence-corrected chi connectivity index (χ4v) is 4.84. The van der Waals surface area contributed by atoms with E-state index in [1.165, 1.54) is 10.4 Å². The van der Waals surface area contributed by atoms with Crippen LogP contribution < -0.4 is 0 Å². The molecule has 0 spiro atoms. The molecule has 1 amide bonds. The zero-order valence-corrected chi connectivity index (χ0v) is 15.7. The molecule has 0 radical (unpaired) electrons. The van der Waals surface area contributed by atoms with Gasteiger partial charge in [0.25, 0.3) is 0 Å². The van der Waals surface area contributed by atoms with Crippen LogP contribution in [-0.2, 0) is 29.0 Å². The maximum absolute atomic E-state index is 12.9. The SMILES string of the molecule is O=C(C[C@@H]1OCCc2ccsc21)N1CCn2c(nnc2-c2ccccc2)C1. The standard InChI is InChI=1S/C20H20N4O2S/c25-18(12-16-19-14(6-10-26-16)7-11-27-19)23-8-9-24-17(13-23)21-22-20(24)15-4-2-1-3-5-15/h1-5,7,11,16H,6,8-10,12-13H2/t16-/m0/s1. The minimum Gasteiger partial charge on any atom is -0.372 e. The van der Waals surface area contributed by atoms with Gasteiger partial charge in [0.05, 0.1) is 19.6 Å². The van der Waals surface area contributed by atoms with Crippen molar-refractivity contribution < 1.29 is 9.53 Å². The van der Waals surface area contributed by atoms with E-state index in [-0.39, 0.29) is 12.0 Å². The van der Waals surface area contributed by atoms with Gasteiger partial charge in [-0.1, -0.05) is 30.3 Å². The number of hydrogen-bond acceptors (Lipinski definition) is 5. The molecule has 6 nitrogen and oxygen atoms in total. The average molecular weight is 380 g/mol. The molecule has 0 unspecified atom stereocenters. The lowest BCUT2D eigenvalue weighted by Gasteiger charge is -2.30. The molecule has 1 aromatic carbocycles. The van der Waals surface area contributed by atoms with E-state index in [0.717, 1.165) is 23.6 Å². The van der Waals surface area contributed by atoms with Gasteiger partial charge in [-0.2, -0.15) is 0 Å². The number of hydrogen-bond donors (Lipinski definition) is 0. The van der Waals surface area contributed by atoms with Crippen LogP contribution in [0.1, 0.15) is 28.8 Å². The molecule has 0 aliphatic carbocycles. The first-order chi connectivity index (χ1) is 13.3. The highest BCUT2D eigenvalue weighted by Crippen LogP contribution is 2.34. The third-order valence-corrected chi connectivity index (χ3v) is 6.31. The van der Waals surface area contributed by atoms with E-state index < -0.39 is 0 Å². The molecule has 138 valence electrons. The number of carbonyl (C=O) groups excluding carboxylic acids is 1. The fourth-order valence-electron chi connectivity index (χ4n) is 3.83. The molecule has 1 atom stereocenters. The van der Waals surface area contributed by atoms with Gasteiger partial charge in [0, 0.05) is 23.5 Å². The first-order valence-corrected chi connectivity index (χ1v) is 10.1. The van der Waals surface area contributed by atoms with Gasteiger partial charge in [0.15, 0.2) is 11.6 Å². The highest BCUT2D eigenvalue weighted by Gasteiger charge is 2.29. The molecule has 4 heterocycles. The molecule has 5 rings (SSSR count). The molecular formula is C20H20N4O2S. The van der Waals surface area contributed by atoms with Crippen molar-refractivity contribution in [3.63, 3.8) is 0 Å². The number of rotatable bonds is 3. The van der Waals surface area contributed by atoms with Crippen molar-refractivity contribution in [1.29, 1.82) is 0 Å². The normalized spacial score (nSPS) is 18.8. The summed E-state index contributed by atoms with van der Waals surface area (Å²) in [5, 5.41) is 10.8. The summed E-state index contributed by atoms with van der Waals surface area (Å²) in [7, 11) is 0. The smallest absolute Gasteiger partial charge is 0.226 e. The summed E-state index contributed by atoms with van der Waals surface area (Å²) in [6.07, 6.45) is 1.23. The molecule has 0 N–H and O–H groups in total. The van der Waals surface area contributed by atoms with Crippen LogP contribution in [-0.4, -0.2) is 38.7 Å². The van der Waals surface area contributed by atoms with E-state index in [1.807, 2.05) is 35.2 Å². The van der Waals surface area contributed by atoms with Crippen molar-refractivity contribution in [2.75, 3.05) is 13.2 Å². The number of aromatic nitrogens is 3. The Morgan fingerprint density at radius 1 is 1.19 bits per heavy atom. The summed E-state index contributed by atoms with van der Waals surface area (Å²) >= 11 is 1.69. The van der Waals surface area contributed by atoms with Crippen molar-refractivity contribution in [2.24, 2.45) is 0 Å². The average Bonchev–Trinajstić information content (AvgIpc) is 3.35. The molecule has 0 fully saturated rings. The van der Waals surface area contributed by atoms with E-state index in [2.05, 4.69) is 26.2 Å². The molecule has 0 bridgehead atoms. The van der Waals surface area contributed by atoms with Crippen LogP contribution in [0.15, 0.2) is 41.8 Å². The van der Waals surface area contributed by atoms with E-state index >= 15 is 0 Å². The molecule has 2 aromatic heterocycles. The van der Waals surface area contributed by atoms with Gasteiger partial charge in [-0.3, -0.25) is 4.79 Å². The topological polar surface area (TPSA) is 60.2 Å². The lowest BCUT2D eigenvalue weighted by Crippen LogP contribution is -2.39. The second kappa shape index (κ2) is 6.90. The first-order valence-electron chi connectivity index (χ1n) is 9.23. The van der Waals surface area contributed by atoms with Crippen LogP contribution in [0.4, 0.5) is 0 Å². The molecular weight excluding hydrogens is 360 g/mol. The molecule has 3 aromatic rings. The van der Waals surface area contributed by atoms with Crippen LogP contribution in [0, 0.1) is 0 Å². The van der Waals surface area contributed by atoms with Gasteiger partial charge >= 0.3 is 0 Å².